The molecule has 0 aromatic carbocycles. The van der Waals surface area contributed by atoms with Gasteiger partial charge in [-0.2, -0.15) is 0 Å². The highest BCUT2D eigenvalue weighted by atomic mass is 35.5. The van der Waals surface area contributed by atoms with Crippen molar-refractivity contribution in [2.45, 2.75) is 50.6 Å². The van der Waals surface area contributed by atoms with Crippen LogP contribution in [0.15, 0.2) is 18.3 Å². The maximum Gasteiger partial charge on any atom is 0.223 e. The Morgan fingerprint density at radius 1 is 1.04 bits per heavy atom. The smallest absolute Gasteiger partial charge is 0.223 e. The van der Waals surface area contributed by atoms with Crippen molar-refractivity contribution in [2.75, 3.05) is 31.1 Å². The first-order chi connectivity index (χ1) is 12.2. The SMILES string of the molecule is O=C(NC1CCN(C2CC2)CC1)C1CCN(c2ccc(Cl)cn2)CC1. The number of nitrogens with zero attached hydrogens (tertiary/aromatic N) is 3. The number of carbonyl (C=O) groups excluding carboxylic acids is 1. The lowest BCUT2D eigenvalue weighted by atomic mass is 9.94. The molecule has 1 N–H and O–H groups in total. The van der Waals surface area contributed by atoms with Gasteiger partial charge in [0, 0.05) is 50.4 Å². The molecular weight excluding hydrogens is 336 g/mol. The molecule has 0 unspecified atom stereocenters. The molecule has 0 bridgehead atoms. The number of rotatable bonds is 4. The van der Waals surface area contributed by atoms with E-state index in [1.54, 1.807) is 6.20 Å². The number of amides is 1. The summed E-state index contributed by atoms with van der Waals surface area (Å²) in [5.41, 5.74) is 0. The van der Waals surface area contributed by atoms with Crippen molar-refractivity contribution < 1.29 is 4.79 Å². The second-order valence-electron chi connectivity index (χ2n) is 7.65. The highest BCUT2D eigenvalue weighted by Gasteiger charge is 2.33. The van der Waals surface area contributed by atoms with E-state index in [2.05, 4.69) is 20.1 Å². The largest absolute Gasteiger partial charge is 0.357 e. The molecule has 0 spiro atoms. The van der Waals surface area contributed by atoms with E-state index >= 15 is 0 Å². The van der Waals surface area contributed by atoms with Gasteiger partial charge in [-0.1, -0.05) is 11.6 Å². The summed E-state index contributed by atoms with van der Waals surface area (Å²) in [4.78, 5) is 21.8. The molecule has 1 amide bonds. The summed E-state index contributed by atoms with van der Waals surface area (Å²) in [7, 11) is 0. The summed E-state index contributed by atoms with van der Waals surface area (Å²) in [6, 6.07) is 5.05. The van der Waals surface area contributed by atoms with E-state index in [0.29, 0.717) is 11.1 Å². The summed E-state index contributed by atoms with van der Waals surface area (Å²) >= 11 is 5.90. The van der Waals surface area contributed by atoms with Crippen LogP contribution in [0.4, 0.5) is 5.82 Å². The van der Waals surface area contributed by atoms with Crippen molar-refractivity contribution in [1.82, 2.24) is 15.2 Å². The van der Waals surface area contributed by atoms with Crippen LogP contribution in [0, 0.1) is 5.92 Å². The quantitative estimate of drug-likeness (QED) is 0.894. The fraction of sp³-hybridized carbons (Fsp3) is 0.684. The van der Waals surface area contributed by atoms with Crippen LogP contribution in [0.25, 0.3) is 0 Å². The van der Waals surface area contributed by atoms with E-state index in [-0.39, 0.29) is 11.8 Å². The lowest BCUT2D eigenvalue weighted by molar-refractivity contribution is -0.126. The zero-order valence-electron chi connectivity index (χ0n) is 14.7. The van der Waals surface area contributed by atoms with Crippen LogP contribution in [-0.2, 0) is 4.79 Å². The first kappa shape index (κ1) is 17.1. The average Bonchev–Trinajstić information content (AvgIpc) is 3.48. The van der Waals surface area contributed by atoms with Crippen LogP contribution >= 0.6 is 11.6 Å². The highest BCUT2D eigenvalue weighted by Crippen LogP contribution is 2.29. The molecule has 3 fully saturated rings. The zero-order chi connectivity index (χ0) is 17.2. The molecule has 1 saturated carbocycles. The number of aromatic nitrogens is 1. The summed E-state index contributed by atoms with van der Waals surface area (Å²) in [5.74, 6) is 1.36. The lowest BCUT2D eigenvalue weighted by Gasteiger charge is -2.35. The summed E-state index contributed by atoms with van der Waals surface area (Å²) < 4.78 is 0. The number of pyridine rings is 1. The molecule has 1 aromatic rings. The molecule has 5 nitrogen and oxygen atoms in total. The number of hydrogen-bond donors (Lipinski definition) is 1. The molecular formula is C19H27ClN4O. The third kappa shape index (κ3) is 4.26. The standard InChI is InChI=1S/C19H27ClN4O/c20-15-1-4-18(21-13-15)24-9-5-14(6-10-24)19(25)22-16-7-11-23(12-8-16)17-2-3-17/h1,4,13-14,16-17H,2-3,5-12H2,(H,22,25). The van der Waals surface area contributed by atoms with Crippen LogP contribution in [0.3, 0.4) is 0 Å². The van der Waals surface area contributed by atoms with Crippen LogP contribution in [0.5, 0.6) is 0 Å². The summed E-state index contributed by atoms with van der Waals surface area (Å²) in [6.45, 7) is 4.06. The van der Waals surface area contributed by atoms with Crippen molar-refractivity contribution in [3.63, 3.8) is 0 Å². The van der Waals surface area contributed by atoms with E-state index in [0.717, 1.165) is 63.7 Å². The number of likely N-dealkylation sites (tertiary alicyclic amines) is 1. The van der Waals surface area contributed by atoms with Crippen molar-refractivity contribution in [1.29, 1.82) is 0 Å². The van der Waals surface area contributed by atoms with E-state index < -0.39 is 0 Å². The molecule has 3 heterocycles. The minimum Gasteiger partial charge on any atom is -0.357 e. The Morgan fingerprint density at radius 3 is 2.36 bits per heavy atom. The molecule has 25 heavy (non-hydrogen) atoms. The Bertz CT molecular complexity index is 588. The molecule has 3 aliphatic rings. The van der Waals surface area contributed by atoms with Gasteiger partial charge in [0.1, 0.15) is 5.82 Å². The van der Waals surface area contributed by atoms with Crippen molar-refractivity contribution in [3.8, 4) is 0 Å². The van der Waals surface area contributed by atoms with Gasteiger partial charge in [0.15, 0.2) is 0 Å². The minimum atomic E-state index is 0.144. The Kier molecular flexibility index (Phi) is 5.13. The minimum absolute atomic E-state index is 0.144. The maximum atomic E-state index is 12.6. The van der Waals surface area contributed by atoms with Gasteiger partial charge in [0.25, 0.3) is 0 Å². The molecule has 0 atom stereocenters. The predicted octanol–water partition coefficient (Wildman–Crippen LogP) is 2.69. The maximum absolute atomic E-state index is 12.6. The predicted molar refractivity (Wildman–Crippen MR) is 99.9 cm³/mol. The van der Waals surface area contributed by atoms with Gasteiger partial charge in [0.2, 0.25) is 5.91 Å². The van der Waals surface area contributed by atoms with Crippen LogP contribution in [-0.4, -0.2) is 54.1 Å². The molecule has 1 aliphatic carbocycles. The summed E-state index contributed by atoms with van der Waals surface area (Å²) in [5, 5.41) is 3.97. The van der Waals surface area contributed by atoms with E-state index in [1.165, 1.54) is 12.8 Å². The Hall–Kier alpha value is -1.33. The highest BCUT2D eigenvalue weighted by molar-refractivity contribution is 6.30. The van der Waals surface area contributed by atoms with Crippen molar-refractivity contribution in [2.24, 2.45) is 5.92 Å². The summed E-state index contributed by atoms with van der Waals surface area (Å²) in [6.07, 6.45) is 8.44. The molecule has 1 aromatic heterocycles. The molecule has 4 rings (SSSR count). The fourth-order valence-corrected chi connectivity index (χ4v) is 4.21. The number of halogens is 1. The second-order valence-corrected chi connectivity index (χ2v) is 8.08. The molecule has 2 aliphatic heterocycles. The van der Waals surface area contributed by atoms with Crippen molar-refractivity contribution >= 4 is 23.3 Å². The third-order valence-corrected chi connectivity index (χ3v) is 6.06. The average molecular weight is 363 g/mol. The number of piperidine rings is 2. The zero-order valence-corrected chi connectivity index (χ0v) is 15.4. The van der Waals surface area contributed by atoms with Crippen molar-refractivity contribution in [3.05, 3.63) is 23.4 Å². The van der Waals surface area contributed by atoms with Gasteiger partial charge in [-0.15, -0.1) is 0 Å². The number of hydrogen-bond acceptors (Lipinski definition) is 4. The number of carbonyl (C=O) groups is 1. The number of anilines is 1. The van der Waals surface area contributed by atoms with Crippen LogP contribution in [0.1, 0.15) is 38.5 Å². The second kappa shape index (κ2) is 7.50. The van der Waals surface area contributed by atoms with Gasteiger partial charge >= 0.3 is 0 Å². The molecule has 0 radical (unpaired) electrons. The van der Waals surface area contributed by atoms with Gasteiger partial charge in [-0.25, -0.2) is 4.98 Å². The lowest BCUT2D eigenvalue weighted by Crippen LogP contribution is -2.48. The molecule has 6 heteroatoms. The first-order valence-electron chi connectivity index (χ1n) is 9.60. The molecule has 136 valence electrons. The number of nitrogens with one attached hydrogen (secondary N) is 1. The molecule has 2 saturated heterocycles. The van der Waals surface area contributed by atoms with E-state index in [1.807, 2.05) is 12.1 Å². The van der Waals surface area contributed by atoms with Gasteiger partial charge < -0.3 is 15.1 Å². The Morgan fingerprint density at radius 2 is 1.76 bits per heavy atom. The van der Waals surface area contributed by atoms with Gasteiger partial charge in [0.05, 0.1) is 5.02 Å². The van der Waals surface area contributed by atoms with Gasteiger partial charge in [-0.3, -0.25) is 4.79 Å². The van der Waals surface area contributed by atoms with Crippen LogP contribution in [0.2, 0.25) is 5.02 Å². The topological polar surface area (TPSA) is 48.5 Å². The van der Waals surface area contributed by atoms with Crippen LogP contribution < -0.4 is 10.2 Å². The Balaban J connectivity index is 1.22. The third-order valence-electron chi connectivity index (χ3n) is 5.84. The van der Waals surface area contributed by atoms with Gasteiger partial charge in [-0.05, 0) is 50.7 Å². The van der Waals surface area contributed by atoms with E-state index in [9.17, 15) is 4.79 Å². The fourth-order valence-electron chi connectivity index (χ4n) is 4.09. The van der Waals surface area contributed by atoms with E-state index in [4.69, 9.17) is 11.6 Å². The Labute approximate surface area is 154 Å². The first-order valence-corrected chi connectivity index (χ1v) is 9.98. The normalized spacial score (nSPS) is 23.6. The monoisotopic (exact) mass is 362 g/mol.